The third-order valence-corrected chi connectivity index (χ3v) is 5.43. The quantitative estimate of drug-likeness (QED) is 0.234. The molecular weight excluding hydrogens is 420 g/mol. The monoisotopic (exact) mass is 472 g/mol. The summed E-state index contributed by atoms with van der Waals surface area (Å²) in [5.41, 5.74) is 10.2. The van der Waals surface area contributed by atoms with Crippen molar-refractivity contribution in [2.45, 2.75) is 69.2 Å². The SMILES string of the molecule is C.C=C.C=C(C/C(C)=C/C=C(\C)C(=C)C)/C(=C/C=C\C)C(=C)C(C)C(=C)c1ccc(C)cc1.CC. The Bertz CT molecular complexity index is 936. The van der Waals surface area contributed by atoms with Crippen LogP contribution in [0.15, 0.2) is 128 Å². The summed E-state index contributed by atoms with van der Waals surface area (Å²) in [6.45, 7) is 39.7. The molecule has 0 aliphatic rings. The second-order valence-corrected chi connectivity index (χ2v) is 8.17. The topological polar surface area (TPSA) is 0 Å². The molecule has 1 rings (SSSR count). The van der Waals surface area contributed by atoms with E-state index in [4.69, 9.17) is 0 Å². The molecule has 1 aromatic carbocycles. The van der Waals surface area contributed by atoms with Crippen molar-refractivity contribution in [2.24, 2.45) is 5.92 Å². The smallest absolute Gasteiger partial charge is 0.00612 e. The fourth-order valence-electron chi connectivity index (χ4n) is 3.01. The number of hydrogen-bond donors (Lipinski definition) is 0. The van der Waals surface area contributed by atoms with Crippen LogP contribution in [0.3, 0.4) is 0 Å². The van der Waals surface area contributed by atoms with Crippen LogP contribution in [0.2, 0.25) is 0 Å². The van der Waals surface area contributed by atoms with Gasteiger partial charge in [-0.3, -0.25) is 0 Å². The Morgan fingerprint density at radius 2 is 1.40 bits per heavy atom. The Morgan fingerprint density at radius 1 is 0.886 bits per heavy atom. The standard InChI is InChI=1S/C30H38.C2H6.C2H4.CH4/c1-11-12-13-30(25(7)20-23(5)14-17-24(6)21(2)3)28(10)26(8)27(9)29-18-15-22(4)16-19-29;2*1-2;/h11-19,26H,2,7,9-10,20H2,1,3-6,8H3;1-2H3;1-2H2;1H4/b12-11-,23-14+,24-17+,30-13-;;;. The minimum absolute atomic E-state index is 0. The van der Waals surface area contributed by atoms with Crippen LogP contribution in [-0.4, -0.2) is 0 Å². The molecule has 0 saturated carbocycles. The van der Waals surface area contributed by atoms with Gasteiger partial charge in [0.25, 0.3) is 0 Å². The third-order valence-electron chi connectivity index (χ3n) is 5.43. The molecule has 0 saturated heterocycles. The molecule has 0 heterocycles. The van der Waals surface area contributed by atoms with Crippen LogP contribution in [0.5, 0.6) is 0 Å². The van der Waals surface area contributed by atoms with Gasteiger partial charge in [0.2, 0.25) is 0 Å². The van der Waals surface area contributed by atoms with Crippen molar-refractivity contribution in [1.82, 2.24) is 0 Å². The average Bonchev–Trinajstić information content (AvgIpc) is 2.84. The largest absolute Gasteiger partial charge is 0.106 e. The molecule has 0 radical (unpaired) electrons. The predicted molar refractivity (Wildman–Crippen MR) is 167 cm³/mol. The summed E-state index contributed by atoms with van der Waals surface area (Å²) in [7, 11) is 0. The van der Waals surface area contributed by atoms with E-state index >= 15 is 0 Å². The summed E-state index contributed by atoms with van der Waals surface area (Å²) >= 11 is 0. The lowest BCUT2D eigenvalue weighted by Gasteiger charge is -2.22. The summed E-state index contributed by atoms with van der Waals surface area (Å²) < 4.78 is 0. The lowest BCUT2D eigenvalue weighted by molar-refractivity contribution is 0.898. The molecule has 0 nitrogen and oxygen atoms in total. The second-order valence-electron chi connectivity index (χ2n) is 8.17. The van der Waals surface area contributed by atoms with E-state index in [0.717, 1.165) is 39.8 Å². The second kappa shape index (κ2) is 20.3. The van der Waals surface area contributed by atoms with Crippen molar-refractivity contribution in [2.75, 3.05) is 0 Å². The van der Waals surface area contributed by atoms with Gasteiger partial charge in [-0.1, -0.05) is 126 Å². The highest BCUT2D eigenvalue weighted by molar-refractivity contribution is 5.70. The van der Waals surface area contributed by atoms with Gasteiger partial charge in [-0.2, -0.15) is 0 Å². The van der Waals surface area contributed by atoms with Gasteiger partial charge in [0.15, 0.2) is 0 Å². The highest BCUT2D eigenvalue weighted by atomic mass is 14.2. The molecule has 35 heavy (non-hydrogen) atoms. The number of allylic oxidation sites excluding steroid dienone is 12. The minimum Gasteiger partial charge on any atom is -0.106 e. The molecule has 1 atom stereocenters. The van der Waals surface area contributed by atoms with Crippen LogP contribution in [0.4, 0.5) is 0 Å². The maximum absolute atomic E-state index is 4.43. The molecule has 0 aliphatic heterocycles. The van der Waals surface area contributed by atoms with Gasteiger partial charge in [0.05, 0.1) is 0 Å². The van der Waals surface area contributed by atoms with Crippen molar-refractivity contribution in [1.29, 1.82) is 0 Å². The van der Waals surface area contributed by atoms with E-state index in [9.17, 15) is 0 Å². The van der Waals surface area contributed by atoms with Gasteiger partial charge >= 0.3 is 0 Å². The van der Waals surface area contributed by atoms with Gasteiger partial charge < -0.3 is 0 Å². The van der Waals surface area contributed by atoms with Crippen LogP contribution >= 0.6 is 0 Å². The summed E-state index contributed by atoms with van der Waals surface area (Å²) in [6, 6.07) is 8.52. The molecule has 0 bridgehead atoms. The zero-order valence-corrected chi connectivity index (χ0v) is 23.2. The van der Waals surface area contributed by atoms with Crippen LogP contribution in [-0.2, 0) is 0 Å². The van der Waals surface area contributed by atoms with E-state index in [0.29, 0.717) is 0 Å². The van der Waals surface area contributed by atoms with E-state index in [1.54, 1.807) is 0 Å². The van der Waals surface area contributed by atoms with E-state index < -0.39 is 0 Å². The normalized spacial score (nSPS) is 12.3. The number of benzene rings is 1. The predicted octanol–water partition coefficient (Wildman–Crippen LogP) is 11.6. The zero-order valence-electron chi connectivity index (χ0n) is 23.2. The number of hydrogen-bond acceptors (Lipinski definition) is 0. The van der Waals surface area contributed by atoms with Crippen LogP contribution in [0.25, 0.3) is 5.57 Å². The average molecular weight is 473 g/mol. The lowest BCUT2D eigenvalue weighted by atomic mass is 9.82. The molecule has 192 valence electrons. The maximum Gasteiger partial charge on any atom is 0.00612 e. The van der Waals surface area contributed by atoms with Gasteiger partial charge in [-0.25, -0.2) is 0 Å². The van der Waals surface area contributed by atoms with Gasteiger partial charge in [0.1, 0.15) is 0 Å². The molecule has 0 fully saturated rings. The molecule has 0 aliphatic carbocycles. The molecular formula is C35H52. The van der Waals surface area contributed by atoms with Crippen LogP contribution < -0.4 is 0 Å². The molecule has 0 N–H and O–H groups in total. The molecule has 0 amide bonds. The molecule has 1 aromatic rings. The van der Waals surface area contributed by atoms with E-state index in [2.05, 4.69) is 116 Å². The summed E-state index contributed by atoms with van der Waals surface area (Å²) in [4.78, 5) is 0. The first-order chi connectivity index (χ1) is 16.1. The molecule has 1 unspecified atom stereocenters. The first kappa shape index (κ1) is 36.4. The molecule has 0 spiro atoms. The van der Waals surface area contributed by atoms with Crippen molar-refractivity contribution >= 4 is 5.57 Å². The molecule has 0 aromatic heterocycles. The lowest BCUT2D eigenvalue weighted by Crippen LogP contribution is -2.06. The van der Waals surface area contributed by atoms with Crippen molar-refractivity contribution in [3.63, 3.8) is 0 Å². The summed E-state index contributed by atoms with van der Waals surface area (Å²) in [5.74, 6) is 0.121. The third kappa shape index (κ3) is 13.4. The highest BCUT2D eigenvalue weighted by Crippen LogP contribution is 2.34. The maximum atomic E-state index is 4.43. The van der Waals surface area contributed by atoms with Gasteiger partial charge in [-0.15, -0.1) is 13.2 Å². The van der Waals surface area contributed by atoms with Crippen LogP contribution in [0.1, 0.15) is 73.4 Å². The van der Waals surface area contributed by atoms with Gasteiger partial charge in [0, 0.05) is 5.92 Å². The van der Waals surface area contributed by atoms with E-state index in [1.807, 2.05) is 33.8 Å². The number of rotatable bonds is 10. The summed E-state index contributed by atoms with van der Waals surface area (Å²) in [6.07, 6.45) is 11.3. The summed E-state index contributed by atoms with van der Waals surface area (Å²) in [5, 5.41) is 0. The Morgan fingerprint density at radius 3 is 1.86 bits per heavy atom. The van der Waals surface area contributed by atoms with E-state index in [1.165, 1.54) is 16.7 Å². The Kier molecular flexibility index (Phi) is 21.1. The Balaban J connectivity index is -0.00000194. The number of aryl methyl sites for hydroxylation is 1. The fourth-order valence-corrected chi connectivity index (χ4v) is 3.01. The van der Waals surface area contributed by atoms with Gasteiger partial charge in [-0.05, 0) is 74.5 Å². The zero-order chi connectivity index (χ0) is 26.8. The fraction of sp³-hybridized carbons (Fsp3) is 0.314. The highest BCUT2D eigenvalue weighted by Gasteiger charge is 2.17. The molecule has 0 heteroatoms. The van der Waals surface area contributed by atoms with Crippen molar-refractivity contribution < 1.29 is 0 Å². The van der Waals surface area contributed by atoms with Crippen molar-refractivity contribution in [3.8, 4) is 0 Å². The first-order valence-electron chi connectivity index (χ1n) is 12.0. The minimum atomic E-state index is 0. The van der Waals surface area contributed by atoms with Crippen LogP contribution in [0, 0.1) is 12.8 Å². The van der Waals surface area contributed by atoms with Crippen molar-refractivity contribution in [3.05, 3.63) is 139 Å². The Hall–Kier alpha value is -3.12. The van der Waals surface area contributed by atoms with E-state index in [-0.39, 0.29) is 13.3 Å². The first-order valence-corrected chi connectivity index (χ1v) is 12.0. The Labute approximate surface area is 219 Å².